The molecular weight excluding hydrogens is 236 g/mol. The number of pyridine rings is 1. The van der Waals surface area contributed by atoms with Gasteiger partial charge < -0.3 is 5.32 Å². The van der Waals surface area contributed by atoms with Gasteiger partial charge in [0.25, 0.3) is 0 Å². The zero-order chi connectivity index (χ0) is 13.2. The van der Waals surface area contributed by atoms with Crippen LogP contribution in [0.25, 0.3) is 5.82 Å². The summed E-state index contributed by atoms with van der Waals surface area (Å²) in [5.74, 6) is 1.60. The van der Waals surface area contributed by atoms with Crippen LogP contribution in [0.2, 0.25) is 0 Å². The van der Waals surface area contributed by atoms with E-state index < -0.39 is 0 Å². The highest BCUT2D eigenvalue weighted by molar-refractivity contribution is 5.31. The minimum absolute atomic E-state index is 0.687. The Kier molecular flexibility index (Phi) is 3.34. The molecule has 1 saturated carbocycles. The summed E-state index contributed by atoms with van der Waals surface area (Å²) in [6.07, 6.45) is 4.58. The number of nitrogens with one attached hydrogen (secondary N) is 1. The fourth-order valence-corrected chi connectivity index (χ4v) is 2.27. The molecule has 2 heterocycles. The van der Waals surface area contributed by atoms with E-state index in [2.05, 4.69) is 40.5 Å². The van der Waals surface area contributed by atoms with Crippen LogP contribution in [0.5, 0.6) is 0 Å². The van der Waals surface area contributed by atoms with Crippen molar-refractivity contribution in [3.63, 3.8) is 0 Å². The molecule has 1 fully saturated rings. The molecule has 4 nitrogen and oxygen atoms in total. The van der Waals surface area contributed by atoms with Crippen molar-refractivity contribution in [2.24, 2.45) is 0 Å². The van der Waals surface area contributed by atoms with Gasteiger partial charge in [-0.2, -0.15) is 5.10 Å². The van der Waals surface area contributed by atoms with Gasteiger partial charge in [0.15, 0.2) is 5.82 Å². The van der Waals surface area contributed by atoms with Crippen LogP contribution in [0, 0.1) is 6.92 Å². The predicted octanol–water partition coefficient (Wildman–Crippen LogP) is 2.56. The third-order valence-corrected chi connectivity index (χ3v) is 3.42. The Morgan fingerprint density at radius 1 is 1.37 bits per heavy atom. The topological polar surface area (TPSA) is 42.7 Å². The monoisotopic (exact) mass is 256 g/mol. The van der Waals surface area contributed by atoms with Crippen molar-refractivity contribution >= 4 is 0 Å². The Balaban J connectivity index is 1.87. The van der Waals surface area contributed by atoms with Crippen LogP contribution in [-0.2, 0) is 6.54 Å². The third kappa shape index (κ3) is 2.84. The van der Waals surface area contributed by atoms with Crippen molar-refractivity contribution < 1.29 is 0 Å². The fraction of sp³-hybridized carbons (Fsp3) is 0.467. The second-order valence-corrected chi connectivity index (χ2v) is 5.21. The normalized spacial score (nSPS) is 14.8. The SMILES string of the molecule is CCNCc1cc(C)nc(-n2ccc(C3CC3)n2)c1. The molecule has 3 rings (SSSR count). The molecule has 2 aromatic heterocycles. The summed E-state index contributed by atoms with van der Waals surface area (Å²) in [7, 11) is 0. The number of hydrogen-bond acceptors (Lipinski definition) is 3. The number of aromatic nitrogens is 3. The van der Waals surface area contributed by atoms with E-state index in [1.165, 1.54) is 24.1 Å². The van der Waals surface area contributed by atoms with Crippen LogP contribution < -0.4 is 5.32 Å². The number of hydrogen-bond donors (Lipinski definition) is 1. The van der Waals surface area contributed by atoms with Crippen molar-refractivity contribution in [3.8, 4) is 5.82 Å². The van der Waals surface area contributed by atoms with Gasteiger partial charge in [0, 0.05) is 24.4 Å². The lowest BCUT2D eigenvalue weighted by atomic mass is 10.2. The molecule has 0 bridgehead atoms. The smallest absolute Gasteiger partial charge is 0.153 e. The first-order chi connectivity index (χ1) is 9.26. The standard InChI is InChI=1S/C15H20N4/c1-3-16-10-12-8-11(2)17-15(9-12)19-7-6-14(18-19)13-4-5-13/h6-9,13,16H,3-5,10H2,1-2H3. The molecular formula is C15H20N4. The van der Waals surface area contributed by atoms with Crippen molar-refractivity contribution in [2.45, 2.75) is 39.2 Å². The van der Waals surface area contributed by atoms with Gasteiger partial charge in [-0.3, -0.25) is 0 Å². The van der Waals surface area contributed by atoms with Crippen LogP contribution in [0.15, 0.2) is 24.4 Å². The number of nitrogens with zero attached hydrogens (tertiary/aromatic N) is 3. The molecule has 0 aliphatic heterocycles. The second-order valence-electron chi connectivity index (χ2n) is 5.21. The average Bonchev–Trinajstić information content (AvgIpc) is 3.13. The summed E-state index contributed by atoms with van der Waals surface area (Å²) in [5, 5.41) is 7.99. The Bertz CT molecular complexity index is 569. The molecule has 1 aliphatic carbocycles. The first-order valence-corrected chi connectivity index (χ1v) is 7.00. The molecule has 0 radical (unpaired) electrons. The van der Waals surface area contributed by atoms with Crippen LogP contribution >= 0.6 is 0 Å². The molecule has 100 valence electrons. The molecule has 0 atom stereocenters. The zero-order valence-electron chi connectivity index (χ0n) is 11.6. The van der Waals surface area contributed by atoms with E-state index in [9.17, 15) is 0 Å². The van der Waals surface area contributed by atoms with Gasteiger partial charge in [0.1, 0.15) is 0 Å². The Hall–Kier alpha value is -1.68. The largest absolute Gasteiger partial charge is 0.313 e. The summed E-state index contributed by atoms with van der Waals surface area (Å²) < 4.78 is 1.90. The van der Waals surface area contributed by atoms with Gasteiger partial charge in [-0.05, 0) is 50.1 Å². The molecule has 0 amide bonds. The maximum atomic E-state index is 4.64. The van der Waals surface area contributed by atoms with Gasteiger partial charge in [-0.1, -0.05) is 6.92 Å². The Morgan fingerprint density at radius 2 is 2.21 bits per heavy atom. The number of aryl methyl sites for hydroxylation is 1. The van der Waals surface area contributed by atoms with Gasteiger partial charge in [0.2, 0.25) is 0 Å². The molecule has 0 unspecified atom stereocenters. The second kappa shape index (κ2) is 5.13. The maximum Gasteiger partial charge on any atom is 0.153 e. The van der Waals surface area contributed by atoms with Crippen LogP contribution in [0.1, 0.15) is 42.6 Å². The van der Waals surface area contributed by atoms with Crippen molar-refractivity contribution in [2.75, 3.05) is 6.54 Å². The van der Waals surface area contributed by atoms with E-state index in [-0.39, 0.29) is 0 Å². The minimum Gasteiger partial charge on any atom is -0.313 e. The van der Waals surface area contributed by atoms with Crippen LogP contribution in [0.4, 0.5) is 0 Å². The quantitative estimate of drug-likeness (QED) is 0.894. The van der Waals surface area contributed by atoms with Gasteiger partial charge >= 0.3 is 0 Å². The van der Waals surface area contributed by atoms with Crippen molar-refractivity contribution in [3.05, 3.63) is 41.3 Å². The van der Waals surface area contributed by atoms with Crippen molar-refractivity contribution in [1.29, 1.82) is 0 Å². The van der Waals surface area contributed by atoms with Gasteiger partial charge in [-0.25, -0.2) is 9.67 Å². The average molecular weight is 256 g/mol. The highest BCUT2D eigenvalue weighted by Gasteiger charge is 2.25. The Labute approximate surface area is 113 Å². The molecule has 19 heavy (non-hydrogen) atoms. The van der Waals surface area contributed by atoms with E-state index in [0.717, 1.165) is 24.6 Å². The molecule has 0 saturated heterocycles. The van der Waals surface area contributed by atoms with E-state index in [1.54, 1.807) is 0 Å². The number of rotatable bonds is 5. The maximum absolute atomic E-state index is 4.64. The highest BCUT2D eigenvalue weighted by Crippen LogP contribution is 2.38. The summed E-state index contributed by atoms with van der Waals surface area (Å²) in [6, 6.07) is 6.35. The van der Waals surface area contributed by atoms with Gasteiger partial charge in [0.05, 0.1) is 5.69 Å². The molecule has 1 aliphatic rings. The molecule has 4 heteroatoms. The van der Waals surface area contributed by atoms with E-state index in [4.69, 9.17) is 0 Å². The van der Waals surface area contributed by atoms with Gasteiger partial charge in [-0.15, -0.1) is 0 Å². The lowest BCUT2D eigenvalue weighted by Gasteiger charge is -2.07. The van der Waals surface area contributed by atoms with E-state index in [1.807, 2.05) is 17.8 Å². The molecule has 1 N–H and O–H groups in total. The molecule has 2 aromatic rings. The summed E-state index contributed by atoms with van der Waals surface area (Å²) in [5.41, 5.74) is 3.50. The lowest BCUT2D eigenvalue weighted by Crippen LogP contribution is -2.13. The van der Waals surface area contributed by atoms with E-state index >= 15 is 0 Å². The summed E-state index contributed by atoms with van der Waals surface area (Å²) in [6.45, 7) is 6.00. The van der Waals surface area contributed by atoms with Crippen molar-refractivity contribution in [1.82, 2.24) is 20.1 Å². The molecule has 0 aromatic carbocycles. The zero-order valence-corrected chi connectivity index (χ0v) is 11.6. The highest BCUT2D eigenvalue weighted by atomic mass is 15.3. The predicted molar refractivity (Wildman–Crippen MR) is 75.5 cm³/mol. The third-order valence-electron chi connectivity index (χ3n) is 3.42. The Morgan fingerprint density at radius 3 is 2.95 bits per heavy atom. The summed E-state index contributed by atoms with van der Waals surface area (Å²) in [4.78, 5) is 4.58. The minimum atomic E-state index is 0.687. The summed E-state index contributed by atoms with van der Waals surface area (Å²) >= 11 is 0. The van der Waals surface area contributed by atoms with Crippen LogP contribution in [-0.4, -0.2) is 21.3 Å². The first kappa shape index (κ1) is 12.4. The molecule has 0 spiro atoms. The first-order valence-electron chi connectivity index (χ1n) is 7.00. The lowest BCUT2D eigenvalue weighted by molar-refractivity contribution is 0.721. The fourth-order valence-electron chi connectivity index (χ4n) is 2.27. The van der Waals surface area contributed by atoms with Crippen LogP contribution in [0.3, 0.4) is 0 Å². The van der Waals surface area contributed by atoms with E-state index in [0.29, 0.717) is 5.92 Å².